The van der Waals surface area contributed by atoms with Crippen molar-refractivity contribution in [2.45, 2.75) is 6.54 Å². The summed E-state index contributed by atoms with van der Waals surface area (Å²) < 4.78 is 0. The first-order valence-corrected chi connectivity index (χ1v) is 6.43. The third-order valence-electron chi connectivity index (χ3n) is 2.87. The average Bonchev–Trinajstić information content (AvgIpc) is 2.74. The fourth-order valence-electron chi connectivity index (χ4n) is 1.98. The van der Waals surface area contributed by atoms with Crippen LogP contribution in [0.2, 0.25) is 0 Å². The van der Waals surface area contributed by atoms with Gasteiger partial charge in [0.1, 0.15) is 0 Å². The first kappa shape index (κ1) is 11.1. The molecule has 2 heterocycles. The average molecular weight is 225 g/mol. The van der Waals surface area contributed by atoms with Crippen LogP contribution in [0, 0.1) is 0 Å². The molecule has 0 unspecified atom stereocenters. The summed E-state index contributed by atoms with van der Waals surface area (Å²) >= 11 is 1.85. The number of hydrogen-bond acceptors (Lipinski definition) is 4. The predicted octanol–water partition coefficient (Wildman–Crippen LogP) is 0.824. The van der Waals surface area contributed by atoms with Crippen molar-refractivity contribution >= 4 is 11.3 Å². The van der Waals surface area contributed by atoms with Gasteiger partial charge in [-0.1, -0.05) is 6.07 Å². The van der Waals surface area contributed by atoms with E-state index in [2.05, 4.69) is 27.3 Å². The van der Waals surface area contributed by atoms with Crippen molar-refractivity contribution in [3.05, 3.63) is 22.4 Å². The molecule has 0 spiro atoms. The van der Waals surface area contributed by atoms with Gasteiger partial charge in [-0.15, -0.1) is 11.3 Å². The van der Waals surface area contributed by atoms with Gasteiger partial charge in [-0.2, -0.15) is 0 Å². The molecule has 0 radical (unpaired) electrons. The SMILES string of the molecule is NCCN1CCN(Cc2cccs2)CC1. The van der Waals surface area contributed by atoms with E-state index in [1.165, 1.54) is 31.1 Å². The molecule has 0 saturated carbocycles. The molecule has 1 aliphatic heterocycles. The van der Waals surface area contributed by atoms with Crippen molar-refractivity contribution in [3.63, 3.8) is 0 Å². The molecule has 0 atom stereocenters. The Morgan fingerprint density at radius 2 is 1.93 bits per heavy atom. The minimum absolute atomic E-state index is 0.783. The standard InChI is InChI=1S/C11H19N3S/c12-3-4-13-5-7-14(8-6-13)10-11-2-1-9-15-11/h1-2,9H,3-8,10,12H2. The summed E-state index contributed by atoms with van der Waals surface area (Å²) in [5.74, 6) is 0. The van der Waals surface area contributed by atoms with Crippen molar-refractivity contribution < 1.29 is 0 Å². The molecule has 0 aliphatic carbocycles. The Balaban J connectivity index is 1.74. The van der Waals surface area contributed by atoms with E-state index < -0.39 is 0 Å². The summed E-state index contributed by atoms with van der Waals surface area (Å²) in [5.41, 5.74) is 5.55. The van der Waals surface area contributed by atoms with Crippen LogP contribution < -0.4 is 5.73 Å². The van der Waals surface area contributed by atoms with Gasteiger partial charge in [0, 0.05) is 50.7 Å². The summed E-state index contributed by atoms with van der Waals surface area (Å²) in [4.78, 5) is 6.45. The molecule has 2 rings (SSSR count). The quantitative estimate of drug-likeness (QED) is 0.823. The highest BCUT2D eigenvalue weighted by atomic mass is 32.1. The van der Waals surface area contributed by atoms with Crippen molar-refractivity contribution in [3.8, 4) is 0 Å². The van der Waals surface area contributed by atoms with E-state index >= 15 is 0 Å². The van der Waals surface area contributed by atoms with E-state index in [1.54, 1.807) is 0 Å². The van der Waals surface area contributed by atoms with Gasteiger partial charge < -0.3 is 5.73 Å². The fourth-order valence-corrected chi connectivity index (χ4v) is 2.72. The molecule has 4 heteroatoms. The van der Waals surface area contributed by atoms with E-state index in [-0.39, 0.29) is 0 Å². The van der Waals surface area contributed by atoms with Crippen molar-refractivity contribution in [2.24, 2.45) is 5.73 Å². The smallest absolute Gasteiger partial charge is 0.0328 e. The minimum Gasteiger partial charge on any atom is -0.329 e. The molecule has 3 nitrogen and oxygen atoms in total. The highest BCUT2D eigenvalue weighted by Crippen LogP contribution is 2.13. The second-order valence-corrected chi connectivity index (χ2v) is 5.02. The number of hydrogen-bond donors (Lipinski definition) is 1. The first-order valence-electron chi connectivity index (χ1n) is 5.55. The van der Waals surface area contributed by atoms with E-state index in [9.17, 15) is 0 Å². The van der Waals surface area contributed by atoms with Gasteiger partial charge in [-0.25, -0.2) is 0 Å². The fraction of sp³-hybridized carbons (Fsp3) is 0.636. The van der Waals surface area contributed by atoms with E-state index in [0.717, 1.165) is 19.6 Å². The molecule has 0 aromatic carbocycles. The number of piperazine rings is 1. The maximum Gasteiger partial charge on any atom is 0.0328 e. The second-order valence-electron chi connectivity index (χ2n) is 3.99. The van der Waals surface area contributed by atoms with Gasteiger partial charge >= 0.3 is 0 Å². The van der Waals surface area contributed by atoms with Gasteiger partial charge in [0.05, 0.1) is 0 Å². The third-order valence-corrected chi connectivity index (χ3v) is 3.73. The summed E-state index contributed by atoms with van der Waals surface area (Å²) in [7, 11) is 0. The molecule has 0 amide bonds. The van der Waals surface area contributed by atoms with Crippen LogP contribution in [0.3, 0.4) is 0 Å². The van der Waals surface area contributed by atoms with Crippen molar-refractivity contribution in [1.82, 2.24) is 9.80 Å². The van der Waals surface area contributed by atoms with Crippen LogP contribution in [0.5, 0.6) is 0 Å². The molecule has 1 saturated heterocycles. The highest BCUT2D eigenvalue weighted by Gasteiger charge is 2.16. The Labute approximate surface area is 95.5 Å². The molecule has 0 bridgehead atoms. The number of nitrogens with zero attached hydrogens (tertiary/aromatic N) is 2. The first-order chi connectivity index (χ1) is 7.38. The molecular formula is C11H19N3S. The molecule has 1 aromatic rings. The summed E-state index contributed by atoms with van der Waals surface area (Å²) in [5, 5.41) is 2.15. The van der Waals surface area contributed by atoms with Crippen LogP contribution in [-0.2, 0) is 6.54 Å². The lowest BCUT2D eigenvalue weighted by Gasteiger charge is -2.34. The Bertz CT molecular complexity index is 265. The number of nitrogens with two attached hydrogens (primary N) is 1. The van der Waals surface area contributed by atoms with Crippen LogP contribution in [0.1, 0.15) is 4.88 Å². The number of rotatable bonds is 4. The highest BCUT2D eigenvalue weighted by molar-refractivity contribution is 7.09. The van der Waals surface area contributed by atoms with E-state index in [1.807, 2.05) is 11.3 Å². The third kappa shape index (κ3) is 3.28. The monoisotopic (exact) mass is 225 g/mol. The Hall–Kier alpha value is -0.420. The maximum atomic E-state index is 5.55. The second kappa shape index (κ2) is 5.61. The lowest BCUT2D eigenvalue weighted by molar-refractivity contribution is 0.130. The topological polar surface area (TPSA) is 32.5 Å². The predicted molar refractivity (Wildman–Crippen MR) is 65.1 cm³/mol. The van der Waals surface area contributed by atoms with Crippen LogP contribution in [0.4, 0.5) is 0 Å². The summed E-state index contributed by atoms with van der Waals surface area (Å²) in [6.45, 7) is 7.65. The van der Waals surface area contributed by atoms with Gasteiger partial charge in [-0.3, -0.25) is 9.80 Å². The van der Waals surface area contributed by atoms with Crippen LogP contribution >= 0.6 is 11.3 Å². The molecule has 1 fully saturated rings. The maximum absolute atomic E-state index is 5.55. The number of thiophene rings is 1. The minimum atomic E-state index is 0.783. The largest absolute Gasteiger partial charge is 0.329 e. The lowest BCUT2D eigenvalue weighted by Crippen LogP contribution is -2.47. The molecule has 1 aromatic heterocycles. The summed E-state index contributed by atoms with van der Waals surface area (Å²) in [6.07, 6.45) is 0. The van der Waals surface area contributed by atoms with Crippen LogP contribution in [0.25, 0.3) is 0 Å². The zero-order chi connectivity index (χ0) is 10.5. The summed E-state index contributed by atoms with van der Waals surface area (Å²) in [6, 6.07) is 4.35. The van der Waals surface area contributed by atoms with Crippen LogP contribution in [-0.4, -0.2) is 49.1 Å². The Morgan fingerprint density at radius 3 is 2.53 bits per heavy atom. The Morgan fingerprint density at radius 1 is 1.20 bits per heavy atom. The van der Waals surface area contributed by atoms with Crippen LogP contribution in [0.15, 0.2) is 17.5 Å². The zero-order valence-corrected chi connectivity index (χ0v) is 9.88. The molecule has 15 heavy (non-hydrogen) atoms. The van der Waals surface area contributed by atoms with E-state index in [4.69, 9.17) is 5.73 Å². The molecular weight excluding hydrogens is 206 g/mol. The van der Waals surface area contributed by atoms with Gasteiger partial charge in [0.25, 0.3) is 0 Å². The zero-order valence-electron chi connectivity index (χ0n) is 9.06. The van der Waals surface area contributed by atoms with Gasteiger partial charge in [-0.05, 0) is 11.4 Å². The molecule has 1 aliphatic rings. The lowest BCUT2D eigenvalue weighted by atomic mass is 10.3. The molecule has 2 N–H and O–H groups in total. The van der Waals surface area contributed by atoms with Crippen molar-refractivity contribution in [1.29, 1.82) is 0 Å². The van der Waals surface area contributed by atoms with E-state index in [0.29, 0.717) is 0 Å². The molecule has 84 valence electrons. The normalized spacial score (nSPS) is 19.5. The van der Waals surface area contributed by atoms with Gasteiger partial charge in [0.15, 0.2) is 0 Å². The van der Waals surface area contributed by atoms with Crippen molar-refractivity contribution in [2.75, 3.05) is 39.3 Å². The Kier molecular flexibility index (Phi) is 4.14. The van der Waals surface area contributed by atoms with Gasteiger partial charge in [0.2, 0.25) is 0 Å².